The molecule has 1 aliphatic heterocycles. The minimum atomic E-state index is -0.565. The van der Waals surface area contributed by atoms with Gasteiger partial charge in [0.1, 0.15) is 0 Å². The third kappa shape index (κ3) is 4.45. The Bertz CT molecular complexity index is 532. The molecule has 2 rings (SSSR count). The average molecular weight is 318 g/mol. The fraction of sp³-hybridized carbons (Fsp3) is 0.529. The first-order valence-electron chi connectivity index (χ1n) is 8.19. The number of carbonyl (C=O) groups excluding carboxylic acids is 2. The summed E-state index contributed by atoms with van der Waals surface area (Å²) in [6.45, 7) is 8.89. The quantitative estimate of drug-likeness (QED) is 0.849. The van der Waals surface area contributed by atoms with Crippen LogP contribution in [-0.4, -0.2) is 67.9 Å². The number of anilines is 2. The van der Waals surface area contributed by atoms with E-state index in [9.17, 15) is 9.59 Å². The van der Waals surface area contributed by atoms with Crippen LogP contribution in [0.25, 0.3) is 0 Å². The summed E-state index contributed by atoms with van der Waals surface area (Å²) in [6.07, 6.45) is 0. The number of piperazine rings is 1. The van der Waals surface area contributed by atoms with Crippen LogP contribution < -0.4 is 10.2 Å². The molecule has 1 fully saturated rings. The number of nitrogens with zero attached hydrogens (tertiary/aromatic N) is 3. The molecule has 126 valence electrons. The third-order valence-corrected chi connectivity index (χ3v) is 4.24. The van der Waals surface area contributed by atoms with Crippen LogP contribution in [-0.2, 0) is 9.59 Å². The highest BCUT2D eigenvalue weighted by atomic mass is 16.2. The Morgan fingerprint density at radius 2 is 1.61 bits per heavy atom. The van der Waals surface area contributed by atoms with Crippen LogP contribution >= 0.6 is 0 Å². The van der Waals surface area contributed by atoms with Crippen molar-refractivity contribution >= 4 is 23.2 Å². The van der Waals surface area contributed by atoms with Crippen molar-refractivity contribution in [3.05, 3.63) is 24.3 Å². The van der Waals surface area contributed by atoms with Gasteiger partial charge in [-0.25, -0.2) is 0 Å². The summed E-state index contributed by atoms with van der Waals surface area (Å²) in [5.74, 6) is -1.02. The summed E-state index contributed by atoms with van der Waals surface area (Å²) in [4.78, 5) is 30.2. The van der Waals surface area contributed by atoms with Gasteiger partial charge < -0.3 is 20.0 Å². The van der Waals surface area contributed by atoms with Crippen molar-refractivity contribution in [2.75, 3.05) is 56.5 Å². The van der Waals surface area contributed by atoms with Crippen LogP contribution in [0.5, 0.6) is 0 Å². The molecule has 0 spiro atoms. The van der Waals surface area contributed by atoms with E-state index in [0.29, 0.717) is 18.8 Å². The number of rotatable bonds is 4. The van der Waals surface area contributed by atoms with E-state index >= 15 is 0 Å². The van der Waals surface area contributed by atoms with Gasteiger partial charge in [0.05, 0.1) is 0 Å². The Labute approximate surface area is 138 Å². The van der Waals surface area contributed by atoms with Crippen LogP contribution in [0.1, 0.15) is 13.8 Å². The van der Waals surface area contributed by atoms with Crippen molar-refractivity contribution in [2.24, 2.45) is 0 Å². The lowest BCUT2D eigenvalue weighted by Crippen LogP contribution is -2.50. The SMILES string of the molecule is CCN(CC)c1ccc(NC(=O)C(=O)N2CCN(C)CC2)cc1. The maximum Gasteiger partial charge on any atom is 0.313 e. The monoisotopic (exact) mass is 318 g/mol. The van der Waals surface area contributed by atoms with Crippen molar-refractivity contribution in [3.63, 3.8) is 0 Å². The summed E-state index contributed by atoms with van der Waals surface area (Å²) < 4.78 is 0. The standard InChI is InChI=1S/C17H26N4O2/c1-4-20(5-2)15-8-6-14(7-9-15)18-16(22)17(23)21-12-10-19(3)11-13-21/h6-9H,4-5,10-13H2,1-3H3,(H,18,22). The maximum absolute atomic E-state index is 12.2. The first-order valence-corrected chi connectivity index (χ1v) is 8.19. The molecule has 0 aliphatic carbocycles. The van der Waals surface area contributed by atoms with Crippen LogP contribution in [0.3, 0.4) is 0 Å². The van der Waals surface area contributed by atoms with Crippen LogP contribution in [0.2, 0.25) is 0 Å². The van der Waals surface area contributed by atoms with Crippen molar-refractivity contribution in [1.82, 2.24) is 9.80 Å². The molecular formula is C17H26N4O2. The molecule has 0 aromatic heterocycles. The summed E-state index contributed by atoms with van der Waals surface area (Å²) >= 11 is 0. The fourth-order valence-corrected chi connectivity index (χ4v) is 2.68. The van der Waals surface area contributed by atoms with Crippen molar-refractivity contribution in [3.8, 4) is 0 Å². The first-order chi connectivity index (χ1) is 11.0. The van der Waals surface area contributed by atoms with Crippen molar-refractivity contribution in [1.29, 1.82) is 0 Å². The van der Waals surface area contributed by atoms with E-state index in [-0.39, 0.29) is 0 Å². The number of carbonyl (C=O) groups is 2. The minimum absolute atomic E-state index is 0.453. The second-order valence-corrected chi connectivity index (χ2v) is 5.77. The summed E-state index contributed by atoms with van der Waals surface area (Å²) in [7, 11) is 2.01. The zero-order valence-corrected chi connectivity index (χ0v) is 14.2. The average Bonchev–Trinajstić information content (AvgIpc) is 2.57. The molecule has 6 heteroatoms. The van der Waals surface area contributed by atoms with Gasteiger partial charge >= 0.3 is 11.8 Å². The van der Waals surface area contributed by atoms with Gasteiger partial charge in [-0.1, -0.05) is 0 Å². The van der Waals surface area contributed by atoms with E-state index < -0.39 is 11.8 Å². The zero-order valence-electron chi connectivity index (χ0n) is 14.2. The zero-order chi connectivity index (χ0) is 16.8. The molecule has 1 heterocycles. The largest absolute Gasteiger partial charge is 0.372 e. The molecule has 6 nitrogen and oxygen atoms in total. The highest BCUT2D eigenvalue weighted by molar-refractivity contribution is 6.39. The highest BCUT2D eigenvalue weighted by Crippen LogP contribution is 2.17. The molecule has 1 N–H and O–H groups in total. The van der Waals surface area contributed by atoms with Gasteiger partial charge in [0.2, 0.25) is 0 Å². The van der Waals surface area contributed by atoms with Crippen LogP contribution in [0.15, 0.2) is 24.3 Å². The lowest BCUT2D eigenvalue weighted by atomic mass is 10.2. The van der Waals surface area contributed by atoms with E-state index in [4.69, 9.17) is 0 Å². The van der Waals surface area contributed by atoms with Crippen LogP contribution in [0, 0.1) is 0 Å². The minimum Gasteiger partial charge on any atom is -0.372 e. The molecule has 0 bridgehead atoms. The fourth-order valence-electron chi connectivity index (χ4n) is 2.68. The predicted molar refractivity (Wildman–Crippen MR) is 92.7 cm³/mol. The van der Waals surface area contributed by atoms with Gasteiger partial charge in [-0.05, 0) is 45.2 Å². The van der Waals surface area contributed by atoms with Crippen LogP contribution in [0.4, 0.5) is 11.4 Å². The molecule has 1 aromatic carbocycles. The maximum atomic E-state index is 12.2. The summed E-state index contributed by atoms with van der Waals surface area (Å²) in [5.41, 5.74) is 1.76. The molecule has 23 heavy (non-hydrogen) atoms. The Morgan fingerprint density at radius 3 is 2.13 bits per heavy atom. The molecule has 0 unspecified atom stereocenters. The molecule has 1 aliphatic rings. The van der Waals surface area contributed by atoms with Gasteiger partial charge in [0.25, 0.3) is 0 Å². The van der Waals surface area contributed by atoms with Crippen molar-refractivity contribution in [2.45, 2.75) is 13.8 Å². The Morgan fingerprint density at radius 1 is 1.04 bits per heavy atom. The summed E-state index contributed by atoms with van der Waals surface area (Å²) in [5, 5.41) is 2.69. The smallest absolute Gasteiger partial charge is 0.313 e. The van der Waals surface area contributed by atoms with Gasteiger partial charge in [0, 0.05) is 50.6 Å². The highest BCUT2D eigenvalue weighted by Gasteiger charge is 2.24. The van der Waals surface area contributed by atoms with Crippen molar-refractivity contribution < 1.29 is 9.59 Å². The molecule has 0 atom stereocenters. The number of nitrogens with one attached hydrogen (secondary N) is 1. The predicted octanol–water partition coefficient (Wildman–Crippen LogP) is 1.25. The first kappa shape index (κ1) is 17.3. The van der Waals surface area contributed by atoms with Gasteiger partial charge in [-0.2, -0.15) is 0 Å². The third-order valence-electron chi connectivity index (χ3n) is 4.24. The Kier molecular flexibility index (Phi) is 5.98. The summed E-state index contributed by atoms with van der Waals surface area (Å²) in [6, 6.07) is 7.59. The topological polar surface area (TPSA) is 55.9 Å². The normalized spacial score (nSPS) is 15.3. The van der Waals surface area contributed by atoms with Gasteiger partial charge in [-0.15, -0.1) is 0 Å². The lowest BCUT2D eigenvalue weighted by molar-refractivity contribution is -0.144. The number of hydrogen-bond donors (Lipinski definition) is 1. The van der Waals surface area contributed by atoms with E-state index in [2.05, 4.69) is 29.0 Å². The molecule has 1 saturated heterocycles. The number of benzene rings is 1. The molecule has 2 amide bonds. The number of amides is 2. The Balaban J connectivity index is 1.93. The van der Waals surface area contributed by atoms with E-state index in [1.54, 1.807) is 4.90 Å². The number of likely N-dealkylation sites (N-methyl/N-ethyl adjacent to an activating group) is 1. The molecule has 0 radical (unpaired) electrons. The molecular weight excluding hydrogens is 292 g/mol. The van der Waals surface area contributed by atoms with E-state index in [1.165, 1.54) is 0 Å². The molecule has 1 aromatic rings. The van der Waals surface area contributed by atoms with E-state index in [0.717, 1.165) is 31.9 Å². The lowest BCUT2D eigenvalue weighted by Gasteiger charge is -2.31. The second-order valence-electron chi connectivity index (χ2n) is 5.77. The Hall–Kier alpha value is -2.08. The molecule has 0 saturated carbocycles. The second kappa shape index (κ2) is 7.97. The van der Waals surface area contributed by atoms with Gasteiger partial charge in [-0.3, -0.25) is 9.59 Å². The number of hydrogen-bond acceptors (Lipinski definition) is 4. The van der Waals surface area contributed by atoms with Gasteiger partial charge in [0.15, 0.2) is 0 Å². The van der Waals surface area contributed by atoms with E-state index in [1.807, 2.05) is 31.3 Å².